The molecule has 0 aliphatic carbocycles. The van der Waals surface area contributed by atoms with E-state index in [1.807, 2.05) is 54.6 Å². The number of nitrogens with zero attached hydrogens (tertiary/aromatic N) is 3. The number of benzene rings is 3. The topological polar surface area (TPSA) is 93.2 Å². The van der Waals surface area contributed by atoms with Crippen LogP contribution in [-0.4, -0.2) is 95.0 Å². The molecule has 3 aromatic carbocycles. The Balaban J connectivity index is 1.18. The summed E-state index contributed by atoms with van der Waals surface area (Å²) in [5, 5.41) is 14.1. The fourth-order valence-electron chi connectivity index (χ4n) is 8.59. The number of aliphatic hydroxyl groups is 1. The molecule has 266 valence electrons. The molecule has 3 fully saturated rings. The number of aliphatic hydroxyl groups excluding tert-OH is 1. The maximum atomic E-state index is 14.6. The molecule has 0 radical (unpaired) electrons. The van der Waals surface area contributed by atoms with Crippen molar-refractivity contribution < 1.29 is 19.5 Å². The molecule has 3 aliphatic rings. The van der Waals surface area contributed by atoms with Crippen molar-refractivity contribution in [2.24, 2.45) is 5.92 Å². The van der Waals surface area contributed by atoms with Crippen LogP contribution in [0.3, 0.4) is 0 Å². The third kappa shape index (κ3) is 7.97. The van der Waals surface area contributed by atoms with Gasteiger partial charge in [-0.25, -0.2) is 0 Å². The molecule has 3 amide bonds. The van der Waals surface area contributed by atoms with Crippen LogP contribution >= 0.6 is 0 Å². The zero-order chi connectivity index (χ0) is 34.9. The van der Waals surface area contributed by atoms with Crippen molar-refractivity contribution in [1.82, 2.24) is 20.0 Å². The molecule has 2 N–H and O–H groups in total. The van der Waals surface area contributed by atoms with Crippen molar-refractivity contribution >= 4 is 17.7 Å². The number of amides is 3. The number of hydrogen-bond donors (Lipinski definition) is 2. The Morgan fingerprint density at radius 2 is 1.36 bits per heavy atom. The molecule has 0 unspecified atom stereocenters. The van der Waals surface area contributed by atoms with Gasteiger partial charge < -0.3 is 25.1 Å². The van der Waals surface area contributed by atoms with Crippen LogP contribution in [0.5, 0.6) is 0 Å². The highest BCUT2D eigenvalue weighted by atomic mass is 16.3. The molecular formula is C42H54N4O4. The lowest BCUT2D eigenvalue weighted by atomic mass is 9.67. The van der Waals surface area contributed by atoms with E-state index in [2.05, 4.69) is 53.5 Å². The lowest BCUT2D eigenvalue weighted by Gasteiger charge is -2.38. The molecule has 4 atom stereocenters. The van der Waals surface area contributed by atoms with Crippen LogP contribution in [0.1, 0.15) is 81.4 Å². The number of piperidine rings is 1. The van der Waals surface area contributed by atoms with Gasteiger partial charge in [-0.3, -0.25) is 14.4 Å². The Bertz CT molecular complexity index is 1460. The summed E-state index contributed by atoms with van der Waals surface area (Å²) in [5.41, 5.74) is 2.12. The van der Waals surface area contributed by atoms with E-state index in [1.165, 1.54) is 19.3 Å². The molecule has 3 aromatic rings. The van der Waals surface area contributed by atoms with Gasteiger partial charge in [-0.15, -0.1) is 0 Å². The standard InChI is InChI=1S/C42H54N4O4/c1-2-3-13-24-44-25-14-16-32(30-44)29-43-40(49)37-23-15-26-45(37)41(50)38-27-36(47)31-46(38)39(48)28-42(33-17-7-4-8-18-33,34-19-9-5-10-20-34)35-21-11-6-12-22-35/h4-12,17-22,32,36-38,47H,2-3,13-16,23-31H2,1H3,(H,43,49)/t32-,36-,37-,38+/m1/s1. The Kier molecular flexibility index (Phi) is 12.0. The first-order valence-corrected chi connectivity index (χ1v) is 18.9. The second-order valence-electron chi connectivity index (χ2n) is 14.6. The molecule has 0 aromatic heterocycles. The van der Waals surface area contributed by atoms with Crippen molar-refractivity contribution in [1.29, 1.82) is 0 Å². The van der Waals surface area contributed by atoms with Gasteiger partial charge in [0.15, 0.2) is 0 Å². The highest BCUT2D eigenvalue weighted by Gasteiger charge is 2.47. The number of carbonyl (C=O) groups is 3. The molecule has 3 heterocycles. The average Bonchev–Trinajstić information content (AvgIpc) is 3.81. The summed E-state index contributed by atoms with van der Waals surface area (Å²) in [4.78, 5) is 48.3. The van der Waals surface area contributed by atoms with Crippen LogP contribution < -0.4 is 5.32 Å². The van der Waals surface area contributed by atoms with Crippen LogP contribution in [0.4, 0.5) is 0 Å². The second-order valence-corrected chi connectivity index (χ2v) is 14.6. The van der Waals surface area contributed by atoms with Crippen molar-refractivity contribution in [3.05, 3.63) is 108 Å². The molecule has 6 rings (SSSR count). The van der Waals surface area contributed by atoms with Crippen LogP contribution in [0.25, 0.3) is 0 Å². The van der Waals surface area contributed by atoms with Gasteiger partial charge in [0.1, 0.15) is 12.1 Å². The smallest absolute Gasteiger partial charge is 0.246 e. The number of likely N-dealkylation sites (tertiary alicyclic amines) is 3. The van der Waals surface area contributed by atoms with Gasteiger partial charge in [0, 0.05) is 39.0 Å². The number of rotatable bonds is 13. The summed E-state index contributed by atoms with van der Waals surface area (Å²) < 4.78 is 0. The summed E-state index contributed by atoms with van der Waals surface area (Å²) in [6, 6.07) is 28.8. The SMILES string of the molecule is CCCCCN1CCC[C@H](CNC(=O)[C@H]2CCCN2C(=O)[C@@H]2C[C@@H](O)CN2C(=O)CC(c2ccccc2)(c2ccccc2)c2ccccc2)C1. The number of hydrogen-bond acceptors (Lipinski definition) is 5. The predicted octanol–water partition coefficient (Wildman–Crippen LogP) is 5.38. The van der Waals surface area contributed by atoms with Gasteiger partial charge in [0.2, 0.25) is 17.7 Å². The van der Waals surface area contributed by atoms with Crippen molar-refractivity contribution in [3.63, 3.8) is 0 Å². The Labute approximate surface area is 297 Å². The minimum absolute atomic E-state index is 0.0856. The molecule has 50 heavy (non-hydrogen) atoms. The largest absolute Gasteiger partial charge is 0.391 e. The number of nitrogens with one attached hydrogen (secondary N) is 1. The highest BCUT2D eigenvalue weighted by Crippen LogP contribution is 2.43. The zero-order valence-corrected chi connectivity index (χ0v) is 29.6. The van der Waals surface area contributed by atoms with Gasteiger partial charge in [0.25, 0.3) is 0 Å². The van der Waals surface area contributed by atoms with Crippen LogP contribution in [0, 0.1) is 5.92 Å². The maximum absolute atomic E-state index is 14.6. The summed E-state index contributed by atoms with van der Waals surface area (Å²) in [5.74, 6) is -0.127. The van der Waals surface area contributed by atoms with Crippen molar-refractivity contribution in [2.45, 2.75) is 88.3 Å². The molecular weight excluding hydrogens is 624 g/mol. The molecule has 3 aliphatic heterocycles. The van der Waals surface area contributed by atoms with Gasteiger partial charge >= 0.3 is 0 Å². The average molecular weight is 679 g/mol. The second kappa shape index (κ2) is 16.8. The first kappa shape index (κ1) is 35.8. The predicted molar refractivity (Wildman–Crippen MR) is 196 cm³/mol. The van der Waals surface area contributed by atoms with Crippen LogP contribution in [0.15, 0.2) is 91.0 Å². The summed E-state index contributed by atoms with van der Waals surface area (Å²) in [6.45, 7) is 6.66. The van der Waals surface area contributed by atoms with E-state index in [0.29, 0.717) is 25.4 Å². The van der Waals surface area contributed by atoms with Gasteiger partial charge in [-0.1, -0.05) is 111 Å². The Hall–Kier alpha value is -4.01. The normalized spacial score (nSPS) is 22.8. The van der Waals surface area contributed by atoms with E-state index in [0.717, 1.165) is 55.6 Å². The third-order valence-electron chi connectivity index (χ3n) is 11.2. The maximum Gasteiger partial charge on any atom is 0.246 e. The highest BCUT2D eigenvalue weighted by molar-refractivity contribution is 5.93. The molecule has 8 heteroatoms. The minimum Gasteiger partial charge on any atom is -0.391 e. The zero-order valence-electron chi connectivity index (χ0n) is 29.6. The van der Waals surface area contributed by atoms with E-state index < -0.39 is 23.6 Å². The third-order valence-corrected chi connectivity index (χ3v) is 11.2. The summed E-state index contributed by atoms with van der Waals surface area (Å²) in [7, 11) is 0. The first-order chi connectivity index (χ1) is 24.4. The minimum atomic E-state index is -0.819. The van der Waals surface area contributed by atoms with Gasteiger partial charge in [-0.05, 0) is 67.8 Å². The quantitative estimate of drug-likeness (QED) is 0.187. The van der Waals surface area contributed by atoms with Crippen LogP contribution in [0.2, 0.25) is 0 Å². The fraction of sp³-hybridized carbons (Fsp3) is 0.500. The van der Waals surface area contributed by atoms with Crippen molar-refractivity contribution in [2.75, 3.05) is 39.3 Å². The lowest BCUT2D eigenvalue weighted by Crippen LogP contribution is -2.54. The Morgan fingerprint density at radius 3 is 1.96 bits per heavy atom. The number of carbonyl (C=O) groups excluding carboxylic acids is 3. The van der Waals surface area contributed by atoms with E-state index in [9.17, 15) is 19.5 Å². The molecule has 0 bridgehead atoms. The monoisotopic (exact) mass is 678 g/mol. The molecule has 0 saturated carbocycles. The molecule has 0 spiro atoms. The summed E-state index contributed by atoms with van der Waals surface area (Å²) in [6.07, 6.45) is 6.71. The first-order valence-electron chi connectivity index (χ1n) is 18.9. The van der Waals surface area contributed by atoms with E-state index in [4.69, 9.17) is 0 Å². The van der Waals surface area contributed by atoms with E-state index in [1.54, 1.807) is 9.80 Å². The van der Waals surface area contributed by atoms with Gasteiger partial charge in [0.05, 0.1) is 11.5 Å². The van der Waals surface area contributed by atoms with E-state index in [-0.39, 0.29) is 37.1 Å². The molecule has 8 nitrogen and oxygen atoms in total. The number of unbranched alkanes of at least 4 members (excludes halogenated alkanes) is 2. The van der Waals surface area contributed by atoms with Crippen molar-refractivity contribution in [3.8, 4) is 0 Å². The molecule has 3 saturated heterocycles. The number of β-amino-alcohol motifs (C(OH)–C–C–N with tert-alkyl or cyclic N) is 1. The van der Waals surface area contributed by atoms with Crippen LogP contribution in [-0.2, 0) is 19.8 Å². The lowest BCUT2D eigenvalue weighted by molar-refractivity contribution is -0.146. The van der Waals surface area contributed by atoms with E-state index >= 15 is 0 Å². The van der Waals surface area contributed by atoms with Gasteiger partial charge in [-0.2, -0.15) is 0 Å². The fourth-order valence-corrected chi connectivity index (χ4v) is 8.59. The summed E-state index contributed by atoms with van der Waals surface area (Å²) >= 11 is 0. The Morgan fingerprint density at radius 1 is 0.760 bits per heavy atom.